The zero-order valence-corrected chi connectivity index (χ0v) is 12.4. The van der Waals surface area contributed by atoms with E-state index in [1.54, 1.807) is 0 Å². The predicted molar refractivity (Wildman–Crippen MR) is 75.0 cm³/mol. The van der Waals surface area contributed by atoms with Gasteiger partial charge in [-0.25, -0.2) is 0 Å². The second-order valence-corrected chi connectivity index (χ2v) is 5.29. The van der Waals surface area contributed by atoms with Gasteiger partial charge in [0.1, 0.15) is 0 Å². The molecule has 18 heavy (non-hydrogen) atoms. The fraction of sp³-hybridized carbons (Fsp3) is 1.00. The van der Waals surface area contributed by atoms with Crippen molar-refractivity contribution >= 4 is 0 Å². The van der Waals surface area contributed by atoms with E-state index in [1.807, 2.05) is 6.92 Å². The van der Waals surface area contributed by atoms with Crippen LogP contribution >= 0.6 is 0 Å². The molecule has 0 aromatic heterocycles. The van der Waals surface area contributed by atoms with Crippen molar-refractivity contribution in [2.75, 3.05) is 39.5 Å². The number of hydrogen-bond donors (Lipinski definition) is 1. The van der Waals surface area contributed by atoms with Gasteiger partial charge in [0.2, 0.25) is 0 Å². The third kappa shape index (κ3) is 5.65. The summed E-state index contributed by atoms with van der Waals surface area (Å²) in [5.41, 5.74) is 0. The number of nitrogens with one attached hydrogen (secondary N) is 1. The topological polar surface area (TPSA) is 33.7 Å². The van der Waals surface area contributed by atoms with Crippen LogP contribution in [-0.2, 0) is 9.47 Å². The van der Waals surface area contributed by atoms with Crippen molar-refractivity contribution in [3.05, 3.63) is 0 Å². The van der Waals surface area contributed by atoms with Crippen LogP contribution in [0.4, 0.5) is 0 Å². The molecule has 1 aliphatic heterocycles. The molecule has 1 rings (SSSR count). The summed E-state index contributed by atoms with van der Waals surface area (Å²) < 4.78 is 11.0. The SMILES string of the molecule is CCOCCCNCC(C)N1CC(C)OCC1C. The Hall–Kier alpha value is -0.160. The maximum Gasteiger partial charge on any atom is 0.0674 e. The molecule has 3 unspecified atom stereocenters. The predicted octanol–water partition coefficient (Wildman–Crippen LogP) is 1.50. The lowest BCUT2D eigenvalue weighted by Gasteiger charge is -2.40. The maximum atomic E-state index is 5.66. The Morgan fingerprint density at radius 3 is 2.94 bits per heavy atom. The van der Waals surface area contributed by atoms with Gasteiger partial charge in [0, 0.05) is 38.4 Å². The largest absolute Gasteiger partial charge is 0.382 e. The highest BCUT2D eigenvalue weighted by Gasteiger charge is 2.26. The number of morpholine rings is 1. The van der Waals surface area contributed by atoms with Crippen molar-refractivity contribution in [3.63, 3.8) is 0 Å². The molecule has 0 saturated carbocycles. The van der Waals surface area contributed by atoms with Crippen LogP contribution in [0.15, 0.2) is 0 Å². The molecule has 1 aliphatic rings. The molecule has 108 valence electrons. The first-order valence-electron chi connectivity index (χ1n) is 7.31. The molecule has 0 aromatic rings. The molecule has 4 nitrogen and oxygen atoms in total. The molecule has 1 fully saturated rings. The summed E-state index contributed by atoms with van der Waals surface area (Å²) in [6.07, 6.45) is 1.46. The van der Waals surface area contributed by atoms with E-state index < -0.39 is 0 Å². The molecule has 1 heterocycles. The Labute approximate surface area is 112 Å². The molecular weight excluding hydrogens is 228 g/mol. The highest BCUT2D eigenvalue weighted by atomic mass is 16.5. The molecule has 0 amide bonds. The number of ether oxygens (including phenoxy) is 2. The number of nitrogens with zero attached hydrogens (tertiary/aromatic N) is 1. The van der Waals surface area contributed by atoms with E-state index in [0.29, 0.717) is 18.2 Å². The first-order chi connectivity index (χ1) is 8.65. The minimum absolute atomic E-state index is 0.363. The Balaban J connectivity index is 2.13. The second-order valence-electron chi connectivity index (χ2n) is 5.29. The highest BCUT2D eigenvalue weighted by Crippen LogP contribution is 2.14. The van der Waals surface area contributed by atoms with Crippen LogP contribution in [0.5, 0.6) is 0 Å². The molecule has 0 radical (unpaired) electrons. The van der Waals surface area contributed by atoms with E-state index in [0.717, 1.165) is 45.9 Å². The van der Waals surface area contributed by atoms with Gasteiger partial charge < -0.3 is 14.8 Å². The number of hydrogen-bond acceptors (Lipinski definition) is 4. The normalized spacial score (nSPS) is 27.3. The molecular formula is C14H30N2O2. The number of rotatable bonds is 8. The molecule has 0 aromatic carbocycles. The van der Waals surface area contributed by atoms with Crippen LogP contribution < -0.4 is 5.32 Å². The van der Waals surface area contributed by atoms with E-state index in [9.17, 15) is 0 Å². The van der Waals surface area contributed by atoms with Crippen LogP contribution in [0.2, 0.25) is 0 Å². The average molecular weight is 258 g/mol. The third-order valence-electron chi connectivity index (χ3n) is 3.51. The summed E-state index contributed by atoms with van der Waals surface area (Å²) in [4.78, 5) is 2.55. The molecule has 1 N–H and O–H groups in total. The molecule has 0 aliphatic carbocycles. The minimum Gasteiger partial charge on any atom is -0.382 e. The zero-order chi connectivity index (χ0) is 13.4. The Morgan fingerprint density at radius 1 is 1.44 bits per heavy atom. The fourth-order valence-electron chi connectivity index (χ4n) is 2.41. The maximum absolute atomic E-state index is 5.66. The summed E-state index contributed by atoms with van der Waals surface area (Å²) >= 11 is 0. The Bertz CT molecular complexity index is 214. The lowest BCUT2D eigenvalue weighted by Crippen LogP contribution is -2.53. The lowest BCUT2D eigenvalue weighted by molar-refractivity contribution is -0.0629. The van der Waals surface area contributed by atoms with Gasteiger partial charge in [0.05, 0.1) is 12.7 Å². The van der Waals surface area contributed by atoms with Crippen LogP contribution in [0.3, 0.4) is 0 Å². The van der Waals surface area contributed by atoms with Gasteiger partial charge in [0.15, 0.2) is 0 Å². The van der Waals surface area contributed by atoms with E-state index >= 15 is 0 Å². The van der Waals surface area contributed by atoms with Crippen LogP contribution in [-0.4, -0.2) is 62.5 Å². The summed E-state index contributed by atoms with van der Waals surface area (Å²) in [6.45, 7) is 14.4. The van der Waals surface area contributed by atoms with Crippen LogP contribution in [0.1, 0.15) is 34.1 Å². The van der Waals surface area contributed by atoms with E-state index in [-0.39, 0.29) is 0 Å². The van der Waals surface area contributed by atoms with E-state index in [1.165, 1.54) is 0 Å². The summed E-state index contributed by atoms with van der Waals surface area (Å²) in [6, 6.07) is 1.10. The van der Waals surface area contributed by atoms with Gasteiger partial charge in [-0.3, -0.25) is 4.90 Å². The van der Waals surface area contributed by atoms with Crippen molar-refractivity contribution in [1.29, 1.82) is 0 Å². The molecule has 0 bridgehead atoms. The first-order valence-corrected chi connectivity index (χ1v) is 7.31. The van der Waals surface area contributed by atoms with Crippen molar-refractivity contribution < 1.29 is 9.47 Å². The molecule has 4 heteroatoms. The molecule has 3 atom stereocenters. The fourth-order valence-corrected chi connectivity index (χ4v) is 2.41. The van der Waals surface area contributed by atoms with Gasteiger partial charge >= 0.3 is 0 Å². The Kier molecular flexibility index (Phi) is 7.82. The van der Waals surface area contributed by atoms with Crippen molar-refractivity contribution in [2.45, 2.75) is 52.3 Å². The average Bonchev–Trinajstić information content (AvgIpc) is 2.36. The van der Waals surface area contributed by atoms with Gasteiger partial charge in [0.25, 0.3) is 0 Å². The molecule has 1 saturated heterocycles. The highest BCUT2D eigenvalue weighted by molar-refractivity contribution is 4.80. The van der Waals surface area contributed by atoms with Crippen molar-refractivity contribution in [3.8, 4) is 0 Å². The lowest BCUT2D eigenvalue weighted by atomic mass is 10.1. The van der Waals surface area contributed by atoms with Crippen molar-refractivity contribution in [1.82, 2.24) is 10.2 Å². The second kappa shape index (κ2) is 8.86. The smallest absolute Gasteiger partial charge is 0.0674 e. The van der Waals surface area contributed by atoms with Gasteiger partial charge in [-0.05, 0) is 40.7 Å². The first kappa shape index (κ1) is 15.9. The standard InChI is InChI=1S/C14H30N2O2/c1-5-17-8-6-7-15-9-12(2)16-10-14(4)18-11-13(16)3/h12-15H,5-11H2,1-4H3. The van der Waals surface area contributed by atoms with Crippen molar-refractivity contribution in [2.24, 2.45) is 0 Å². The third-order valence-corrected chi connectivity index (χ3v) is 3.51. The van der Waals surface area contributed by atoms with Crippen LogP contribution in [0.25, 0.3) is 0 Å². The molecule has 0 spiro atoms. The van der Waals surface area contributed by atoms with E-state index in [4.69, 9.17) is 9.47 Å². The summed E-state index contributed by atoms with van der Waals surface area (Å²) in [5.74, 6) is 0. The quantitative estimate of drug-likeness (QED) is 0.669. The minimum atomic E-state index is 0.363. The van der Waals surface area contributed by atoms with Gasteiger partial charge in [-0.2, -0.15) is 0 Å². The van der Waals surface area contributed by atoms with Gasteiger partial charge in [-0.15, -0.1) is 0 Å². The van der Waals surface area contributed by atoms with E-state index in [2.05, 4.69) is 31.0 Å². The van der Waals surface area contributed by atoms with Gasteiger partial charge in [-0.1, -0.05) is 0 Å². The summed E-state index contributed by atoms with van der Waals surface area (Å²) in [7, 11) is 0. The Morgan fingerprint density at radius 2 is 2.22 bits per heavy atom. The summed E-state index contributed by atoms with van der Waals surface area (Å²) in [5, 5.41) is 3.51. The zero-order valence-electron chi connectivity index (χ0n) is 12.4. The monoisotopic (exact) mass is 258 g/mol. The van der Waals surface area contributed by atoms with Crippen LogP contribution in [0, 0.1) is 0 Å².